The fourth-order valence-corrected chi connectivity index (χ4v) is 3.21. The van der Waals surface area contributed by atoms with Crippen LogP contribution >= 0.6 is 0 Å². The highest BCUT2D eigenvalue weighted by atomic mass is 19.4. The van der Waals surface area contributed by atoms with Crippen LogP contribution < -0.4 is 9.64 Å². The van der Waals surface area contributed by atoms with Crippen molar-refractivity contribution >= 4 is 5.69 Å². The molecule has 0 aliphatic carbocycles. The number of ether oxygens (including phenoxy) is 1. The van der Waals surface area contributed by atoms with E-state index >= 15 is 0 Å². The van der Waals surface area contributed by atoms with Gasteiger partial charge in [0.25, 0.3) is 0 Å². The Kier molecular flexibility index (Phi) is 6.79. The summed E-state index contributed by atoms with van der Waals surface area (Å²) in [6, 6.07) is 11.0. The molecule has 0 aliphatic heterocycles. The van der Waals surface area contributed by atoms with Crippen LogP contribution in [0.25, 0.3) is 0 Å². The van der Waals surface area contributed by atoms with Crippen LogP contribution in [0.3, 0.4) is 0 Å². The Morgan fingerprint density at radius 1 is 0.824 bits per heavy atom. The van der Waals surface area contributed by atoms with E-state index in [1.807, 2.05) is 0 Å². The second kappa shape index (κ2) is 9.13. The summed E-state index contributed by atoms with van der Waals surface area (Å²) in [4.78, 5) is 0.135. The Morgan fingerprint density at radius 2 is 1.47 bits per heavy atom. The Bertz CT molecular complexity index is 1140. The molecule has 11 heteroatoms. The molecule has 0 unspecified atom stereocenters. The summed E-state index contributed by atoms with van der Waals surface area (Å²) >= 11 is 0. The first kappa shape index (κ1) is 25.3. The molecule has 0 aromatic heterocycles. The van der Waals surface area contributed by atoms with Crippen LogP contribution in [0, 0.1) is 11.6 Å². The molecule has 0 saturated carbocycles. The highest BCUT2D eigenvalue weighted by Gasteiger charge is 2.57. The first-order valence-corrected chi connectivity index (χ1v) is 9.63. The summed E-state index contributed by atoms with van der Waals surface area (Å²) in [5, 5.41) is 10.6. The highest BCUT2D eigenvalue weighted by Crippen LogP contribution is 2.40. The third kappa shape index (κ3) is 5.41. The van der Waals surface area contributed by atoms with Gasteiger partial charge in [-0.3, -0.25) is 0 Å². The Morgan fingerprint density at radius 3 is 2.03 bits per heavy atom. The predicted octanol–water partition coefficient (Wildman–Crippen LogP) is 6.71. The van der Waals surface area contributed by atoms with Gasteiger partial charge < -0.3 is 14.7 Å². The van der Waals surface area contributed by atoms with E-state index in [4.69, 9.17) is 4.74 Å². The van der Waals surface area contributed by atoms with E-state index in [9.17, 15) is 40.2 Å². The Hall–Kier alpha value is -3.34. The van der Waals surface area contributed by atoms with E-state index in [0.29, 0.717) is 12.1 Å². The van der Waals surface area contributed by atoms with Crippen LogP contribution in [0.1, 0.15) is 11.1 Å². The van der Waals surface area contributed by atoms with E-state index in [1.54, 1.807) is 0 Å². The molecular weight excluding hydrogens is 474 g/mol. The van der Waals surface area contributed by atoms with Crippen molar-refractivity contribution in [3.8, 4) is 11.5 Å². The van der Waals surface area contributed by atoms with Crippen molar-refractivity contribution in [3.63, 3.8) is 0 Å². The van der Waals surface area contributed by atoms with Crippen molar-refractivity contribution < 1.29 is 45.0 Å². The van der Waals surface area contributed by atoms with Crippen molar-refractivity contribution in [2.24, 2.45) is 0 Å². The fourth-order valence-electron chi connectivity index (χ4n) is 3.21. The van der Waals surface area contributed by atoms with Crippen LogP contribution in [-0.4, -0.2) is 24.1 Å². The van der Waals surface area contributed by atoms with E-state index in [0.717, 1.165) is 19.2 Å². The number of alkyl halides is 6. The van der Waals surface area contributed by atoms with E-state index < -0.39 is 47.4 Å². The molecule has 1 N–H and O–H groups in total. The average molecular weight is 491 g/mol. The van der Waals surface area contributed by atoms with E-state index in [1.165, 1.54) is 36.4 Å². The molecule has 0 heterocycles. The van der Waals surface area contributed by atoms with Gasteiger partial charge in [-0.2, -0.15) is 26.3 Å². The molecule has 182 valence electrons. The zero-order valence-electron chi connectivity index (χ0n) is 17.4. The van der Waals surface area contributed by atoms with Gasteiger partial charge in [-0.15, -0.1) is 0 Å². The number of halogens is 8. The molecule has 3 aromatic rings. The first-order chi connectivity index (χ1) is 15.7. The van der Waals surface area contributed by atoms with Crippen LogP contribution in [-0.2, 0) is 12.6 Å². The minimum absolute atomic E-state index is 0.0553. The normalized spacial score (nSPS) is 13.9. The van der Waals surface area contributed by atoms with Gasteiger partial charge in [-0.25, -0.2) is 8.78 Å². The quantitative estimate of drug-likeness (QED) is 0.308. The fraction of sp³-hybridized carbons (Fsp3) is 0.217. The van der Waals surface area contributed by atoms with Gasteiger partial charge in [0, 0.05) is 13.5 Å². The lowest BCUT2D eigenvalue weighted by Gasteiger charge is -2.40. The molecule has 3 rings (SSSR count). The molecule has 1 atom stereocenters. The maximum Gasteiger partial charge on any atom is 0.436 e. The number of hydrogen-bond acceptors (Lipinski definition) is 3. The second-order valence-electron chi connectivity index (χ2n) is 7.42. The predicted molar refractivity (Wildman–Crippen MR) is 107 cm³/mol. The summed E-state index contributed by atoms with van der Waals surface area (Å²) in [5.41, 5.74) is -6.02. The number of rotatable bonds is 6. The molecule has 0 aliphatic rings. The topological polar surface area (TPSA) is 32.7 Å². The third-order valence-electron chi connectivity index (χ3n) is 5.04. The van der Waals surface area contributed by atoms with E-state index in [2.05, 4.69) is 0 Å². The second-order valence-corrected chi connectivity index (χ2v) is 7.42. The zero-order chi connectivity index (χ0) is 25.3. The van der Waals surface area contributed by atoms with Crippen LogP contribution in [0.2, 0.25) is 0 Å². The smallest absolute Gasteiger partial charge is 0.436 e. The van der Waals surface area contributed by atoms with Gasteiger partial charge in [-0.05, 0) is 60.2 Å². The molecule has 0 radical (unpaired) electrons. The number of likely N-dealkylation sites (N-methyl/N-ethyl adjacent to an activating group) is 1. The van der Waals surface area contributed by atoms with Crippen molar-refractivity contribution in [1.29, 1.82) is 0 Å². The molecule has 0 saturated heterocycles. The minimum Gasteiger partial charge on any atom is -0.457 e. The maximum atomic E-state index is 14.4. The van der Waals surface area contributed by atoms with Crippen molar-refractivity contribution in [3.05, 3.63) is 89.5 Å². The lowest BCUT2D eigenvalue weighted by Crippen LogP contribution is -2.59. The first-order valence-electron chi connectivity index (χ1n) is 9.63. The van der Waals surface area contributed by atoms with Crippen molar-refractivity contribution in [2.45, 2.75) is 24.5 Å². The molecule has 0 amide bonds. The number of aliphatic hydroxyl groups is 1. The van der Waals surface area contributed by atoms with E-state index in [-0.39, 0.29) is 28.0 Å². The molecule has 3 nitrogen and oxygen atoms in total. The minimum atomic E-state index is -5.33. The molecule has 34 heavy (non-hydrogen) atoms. The van der Waals surface area contributed by atoms with Gasteiger partial charge >= 0.3 is 12.4 Å². The van der Waals surface area contributed by atoms with Crippen LogP contribution in [0.4, 0.5) is 40.8 Å². The standard InChI is InChI=1S/C23H17F8NO2/c1-32(20-10-5-15(12-19(20)25)22(26,27)28)21(33,23(29,30)31)13-14-3-2-4-18(11-14)34-17-8-6-16(24)7-9-17/h2-12,33H,13H2,1H3/t21-/m1/s1. The molecule has 0 spiro atoms. The Labute approximate surface area is 188 Å². The lowest BCUT2D eigenvalue weighted by atomic mass is 9.99. The molecule has 0 bridgehead atoms. The number of nitrogens with zero attached hydrogens (tertiary/aromatic N) is 1. The summed E-state index contributed by atoms with van der Waals surface area (Å²) in [6.45, 7) is 0. The Balaban J connectivity index is 1.92. The largest absolute Gasteiger partial charge is 0.457 e. The van der Waals surface area contributed by atoms with Crippen LogP contribution in [0.15, 0.2) is 66.7 Å². The van der Waals surface area contributed by atoms with Gasteiger partial charge in [0.1, 0.15) is 23.1 Å². The zero-order valence-corrected chi connectivity index (χ0v) is 17.4. The number of hydrogen-bond donors (Lipinski definition) is 1. The SMILES string of the molecule is CN(c1ccc(C(F)(F)F)cc1F)[C@@](O)(Cc1cccc(Oc2ccc(F)cc2)c1)C(F)(F)F. The number of anilines is 1. The monoisotopic (exact) mass is 491 g/mol. The van der Waals surface area contributed by atoms with Gasteiger partial charge in [0.15, 0.2) is 0 Å². The maximum absolute atomic E-state index is 14.4. The van der Waals surface area contributed by atoms with Gasteiger partial charge in [0.2, 0.25) is 5.72 Å². The summed E-state index contributed by atoms with van der Waals surface area (Å²) in [7, 11) is 0.720. The summed E-state index contributed by atoms with van der Waals surface area (Å²) < 4.78 is 113. The van der Waals surface area contributed by atoms with Crippen LogP contribution in [0.5, 0.6) is 11.5 Å². The lowest BCUT2D eigenvalue weighted by molar-refractivity contribution is -0.258. The van der Waals surface area contributed by atoms with Gasteiger partial charge in [0.05, 0.1) is 11.3 Å². The number of benzene rings is 3. The van der Waals surface area contributed by atoms with Crippen molar-refractivity contribution in [2.75, 3.05) is 11.9 Å². The summed E-state index contributed by atoms with van der Waals surface area (Å²) in [5.74, 6) is -1.83. The molecule has 0 fully saturated rings. The van der Waals surface area contributed by atoms with Gasteiger partial charge in [-0.1, -0.05) is 12.1 Å². The van der Waals surface area contributed by atoms with Crippen molar-refractivity contribution in [1.82, 2.24) is 0 Å². The highest BCUT2D eigenvalue weighted by molar-refractivity contribution is 5.52. The third-order valence-corrected chi connectivity index (χ3v) is 5.04. The molecule has 3 aromatic carbocycles. The molecular formula is C23H17F8NO2. The summed E-state index contributed by atoms with van der Waals surface area (Å²) in [6.07, 6.45) is -11.3. The average Bonchev–Trinajstić information content (AvgIpc) is 2.73.